The van der Waals surface area contributed by atoms with Gasteiger partial charge >= 0.3 is 5.69 Å². The fourth-order valence-corrected chi connectivity index (χ4v) is 2.26. The Hall–Kier alpha value is -1.89. The van der Waals surface area contributed by atoms with E-state index in [0.717, 1.165) is 10.3 Å². The summed E-state index contributed by atoms with van der Waals surface area (Å²) in [4.78, 5) is 27.8. The van der Waals surface area contributed by atoms with Crippen LogP contribution in [-0.4, -0.2) is 14.1 Å². The van der Waals surface area contributed by atoms with E-state index in [4.69, 9.17) is 5.73 Å². The first kappa shape index (κ1) is 11.6. The van der Waals surface area contributed by atoms with Crippen molar-refractivity contribution in [2.45, 2.75) is 13.5 Å². The number of nitrogens with two attached hydrogens (primary N) is 1. The molecule has 0 atom stereocenters. The molecule has 17 heavy (non-hydrogen) atoms. The lowest BCUT2D eigenvalue weighted by molar-refractivity contribution is 0.640. The molecule has 2 N–H and O–H groups in total. The Labute approximate surface area is 101 Å². The lowest BCUT2D eigenvalue weighted by Crippen LogP contribution is -2.39. The zero-order valence-corrected chi connectivity index (χ0v) is 10.3. The SMILES string of the molecule is Cc1csc(Cn2c(=O)c(N)cn(C)c2=O)n1. The third kappa shape index (κ3) is 2.14. The van der Waals surface area contributed by atoms with Crippen molar-refractivity contribution in [3.05, 3.63) is 43.1 Å². The topological polar surface area (TPSA) is 82.9 Å². The molecule has 0 bridgehead atoms. The molecule has 0 fully saturated rings. The summed E-state index contributed by atoms with van der Waals surface area (Å²) in [5, 5.41) is 2.59. The number of thiazole rings is 1. The van der Waals surface area contributed by atoms with Crippen LogP contribution in [0.3, 0.4) is 0 Å². The molecule has 0 unspecified atom stereocenters. The number of hydrogen-bond donors (Lipinski definition) is 1. The third-order valence-corrected chi connectivity index (χ3v) is 3.27. The van der Waals surface area contributed by atoms with Gasteiger partial charge in [-0.2, -0.15) is 0 Å². The maximum absolute atomic E-state index is 11.8. The predicted molar refractivity (Wildman–Crippen MR) is 66.3 cm³/mol. The van der Waals surface area contributed by atoms with Crippen LogP contribution in [0.25, 0.3) is 0 Å². The van der Waals surface area contributed by atoms with Crippen LogP contribution in [-0.2, 0) is 13.6 Å². The molecule has 0 aliphatic rings. The molecule has 0 saturated heterocycles. The van der Waals surface area contributed by atoms with Crippen LogP contribution in [0, 0.1) is 6.92 Å². The summed E-state index contributed by atoms with van der Waals surface area (Å²) in [7, 11) is 1.56. The van der Waals surface area contributed by atoms with Crippen LogP contribution in [0.2, 0.25) is 0 Å². The largest absolute Gasteiger partial charge is 0.393 e. The minimum atomic E-state index is -0.471. The molecular weight excluding hydrogens is 240 g/mol. The van der Waals surface area contributed by atoms with Gasteiger partial charge in [-0.05, 0) is 6.92 Å². The molecule has 0 saturated carbocycles. The van der Waals surface area contributed by atoms with Gasteiger partial charge < -0.3 is 10.3 Å². The van der Waals surface area contributed by atoms with Crippen molar-refractivity contribution in [2.24, 2.45) is 7.05 Å². The van der Waals surface area contributed by atoms with Gasteiger partial charge in [-0.15, -0.1) is 11.3 Å². The van der Waals surface area contributed by atoms with E-state index < -0.39 is 11.2 Å². The highest BCUT2D eigenvalue weighted by Crippen LogP contribution is 2.08. The molecule has 0 aliphatic carbocycles. The highest BCUT2D eigenvalue weighted by Gasteiger charge is 2.09. The van der Waals surface area contributed by atoms with Crippen LogP contribution in [0.4, 0.5) is 5.69 Å². The Morgan fingerprint density at radius 2 is 2.18 bits per heavy atom. The monoisotopic (exact) mass is 252 g/mol. The fraction of sp³-hybridized carbons (Fsp3) is 0.300. The van der Waals surface area contributed by atoms with E-state index in [2.05, 4.69) is 4.98 Å². The number of nitrogen functional groups attached to an aromatic ring is 1. The highest BCUT2D eigenvalue weighted by molar-refractivity contribution is 7.09. The molecule has 2 heterocycles. The van der Waals surface area contributed by atoms with Gasteiger partial charge in [0.15, 0.2) is 0 Å². The van der Waals surface area contributed by atoms with Crippen molar-refractivity contribution < 1.29 is 0 Å². The molecule has 6 nitrogen and oxygen atoms in total. The van der Waals surface area contributed by atoms with Crippen molar-refractivity contribution in [3.8, 4) is 0 Å². The minimum absolute atomic E-state index is 0.0559. The highest BCUT2D eigenvalue weighted by atomic mass is 32.1. The van der Waals surface area contributed by atoms with Crippen LogP contribution < -0.4 is 17.0 Å². The standard InChI is InChI=1S/C10H12N4O2S/c1-6-5-17-8(12-6)4-14-9(15)7(11)3-13(2)10(14)16/h3,5H,4,11H2,1-2H3. The van der Waals surface area contributed by atoms with Gasteiger partial charge in [0.05, 0.1) is 6.54 Å². The van der Waals surface area contributed by atoms with Gasteiger partial charge in [-0.25, -0.2) is 9.78 Å². The van der Waals surface area contributed by atoms with E-state index in [9.17, 15) is 9.59 Å². The number of nitrogens with zero attached hydrogens (tertiary/aromatic N) is 3. The first-order valence-electron chi connectivity index (χ1n) is 4.96. The molecule has 0 aliphatic heterocycles. The van der Waals surface area contributed by atoms with Gasteiger partial charge in [0.25, 0.3) is 5.56 Å². The number of aromatic nitrogens is 3. The molecular formula is C10H12N4O2S. The van der Waals surface area contributed by atoms with E-state index in [1.54, 1.807) is 7.05 Å². The molecule has 0 radical (unpaired) electrons. The number of hydrogen-bond acceptors (Lipinski definition) is 5. The van der Waals surface area contributed by atoms with Gasteiger partial charge in [-0.3, -0.25) is 9.36 Å². The van der Waals surface area contributed by atoms with Crippen molar-refractivity contribution in [1.29, 1.82) is 0 Å². The molecule has 90 valence electrons. The zero-order chi connectivity index (χ0) is 12.6. The summed E-state index contributed by atoms with van der Waals surface area (Å²) in [5.41, 5.74) is 5.61. The number of rotatable bonds is 2. The van der Waals surface area contributed by atoms with E-state index in [0.29, 0.717) is 5.01 Å². The van der Waals surface area contributed by atoms with E-state index in [-0.39, 0.29) is 12.2 Å². The van der Waals surface area contributed by atoms with Crippen LogP contribution in [0.5, 0.6) is 0 Å². The maximum Gasteiger partial charge on any atom is 0.331 e. The van der Waals surface area contributed by atoms with Gasteiger partial charge in [-0.1, -0.05) is 0 Å². The molecule has 0 aromatic carbocycles. The summed E-state index contributed by atoms with van der Waals surface area (Å²) in [6.45, 7) is 2.02. The van der Waals surface area contributed by atoms with Crippen molar-refractivity contribution in [3.63, 3.8) is 0 Å². The van der Waals surface area contributed by atoms with Gasteiger partial charge in [0.1, 0.15) is 10.7 Å². The van der Waals surface area contributed by atoms with E-state index in [1.165, 1.54) is 22.1 Å². The molecule has 7 heteroatoms. The summed E-state index contributed by atoms with van der Waals surface area (Å²) in [6, 6.07) is 0. The molecule has 0 amide bonds. The Kier molecular flexibility index (Phi) is 2.84. The Bertz CT molecular complexity index is 633. The first-order chi connectivity index (χ1) is 7.99. The number of anilines is 1. The Morgan fingerprint density at radius 1 is 1.47 bits per heavy atom. The van der Waals surface area contributed by atoms with Crippen LogP contribution in [0.1, 0.15) is 10.7 Å². The summed E-state index contributed by atoms with van der Waals surface area (Å²) in [6.07, 6.45) is 1.33. The summed E-state index contributed by atoms with van der Waals surface area (Å²) >= 11 is 1.41. The fourth-order valence-electron chi connectivity index (χ4n) is 1.50. The van der Waals surface area contributed by atoms with E-state index >= 15 is 0 Å². The lowest BCUT2D eigenvalue weighted by atomic mass is 10.5. The van der Waals surface area contributed by atoms with Gasteiger partial charge in [0, 0.05) is 24.3 Å². The quantitative estimate of drug-likeness (QED) is 0.811. The van der Waals surface area contributed by atoms with Gasteiger partial charge in [0.2, 0.25) is 0 Å². The van der Waals surface area contributed by atoms with Crippen molar-refractivity contribution in [1.82, 2.24) is 14.1 Å². The normalized spacial score (nSPS) is 10.7. The average molecular weight is 252 g/mol. The molecule has 0 spiro atoms. The summed E-state index contributed by atoms with van der Waals surface area (Å²) in [5.74, 6) is 0. The smallest absolute Gasteiger partial charge is 0.331 e. The predicted octanol–water partition coefficient (Wildman–Crippen LogP) is -0.0576. The van der Waals surface area contributed by atoms with Crippen LogP contribution >= 0.6 is 11.3 Å². The third-order valence-electron chi connectivity index (χ3n) is 2.32. The van der Waals surface area contributed by atoms with Crippen LogP contribution in [0.15, 0.2) is 21.2 Å². The summed E-state index contributed by atoms with van der Waals surface area (Å²) < 4.78 is 2.38. The Morgan fingerprint density at radius 3 is 2.76 bits per heavy atom. The second kappa shape index (κ2) is 4.17. The average Bonchev–Trinajstić information content (AvgIpc) is 2.68. The molecule has 2 aromatic rings. The number of aryl methyl sites for hydroxylation is 2. The van der Waals surface area contributed by atoms with Crippen molar-refractivity contribution in [2.75, 3.05) is 5.73 Å². The zero-order valence-electron chi connectivity index (χ0n) is 9.51. The molecule has 2 aromatic heterocycles. The maximum atomic E-state index is 11.8. The minimum Gasteiger partial charge on any atom is -0.393 e. The lowest BCUT2D eigenvalue weighted by Gasteiger charge is -2.06. The van der Waals surface area contributed by atoms with Crippen molar-refractivity contribution >= 4 is 17.0 Å². The first-order valence-corrected chi connectivity index (χ1v) is 5.84. The molecule has 2 rings (SSSR count). The van der Waals surface area contributed by atoms with E-state index in [1.807, 2.05) is 12.3 Å². The second-order valence-corrected chi connectivity index (χ2v) is 4.69. The Balaban J connectivity index is 2.53. The second-order valence-electron chi connectivity index (χ2n) is 3.75.